The fraction of sp³-hybridized carbons (Fsp3) is 0.600. The fourth-order valence-corrected chi connectivity index (χ4v) is 1.14. The molecule has 0 aromatic heterocycles. The van der Waals surface area contributed by atoms with Gasteiger partial charge in [-0.1, -0.05) is 19.1 Å². The molecule has 0 aliphatic rings. The Morgan fingerprint density at radius 3 is 1.82 bits per heavy atom. The van der Waals surface area contributed by atoms with Crippen LogP contribution >= 0.6 is 0 Å². The molecule has 11 heavy (non-hydrogen) atoms. The molecule has 0 rings (SSSR count). The molecule has 0 saturated carbocycles. The van der Waals surface area contributed by atoms with Gasteiger partial charge < -0.3 is 4.90 Å². The van der Waals surface area contributed by atoms with Gasteiger partial charge in [-0.05, 0) is 25.8 Å². The lowest BCUT2D eigenvalue weighted by Gasteiger charge is -2.18. The topological polar surface area (TPSA) is 3.24 Å². The standard InChI is InChI=1S/C10H19N/c1-7-10(8(2)3)9(4)11(5)6/h2,7H2,1,3-6H3/b10-9-. The van der Waals surface area contributed by atoms with Gasteiger partial charge in [0.25, 0.3) is 0 Å². The molecule has 0 N–H and O–H groups in total. The largest absolute Gasteiger partial charge is 0.381 e. The van der Waals surface area contributed by atoms with Gasteiger partial charge in [0.15, 0.2) is 0 Å². The second kappa shape index (κ2) is 4.22. The van der Waals surface area contributed by atoms with E-state index in [0.29, 0.717) is 0 Å². The van der Waals surface area contributed by atoms with Gasteiger partial charge in [0.05, 0.1) is 0 Å². The highest BCUT2D eigenvalue weighted by atomic mass is 15.1. The smallest absolute Gasteiger partial charge is 0.0131 e. The highest BCUT2D eigenvalue weighted by Gasteiger charge is 2.01. The van der Waals surface area contributed by atoms with Crippen molar-refractivity contribution in [3.63, 3.8) is 0 Å². The van der Waals surface area contributed by atoms with Gasteiger partial charge in [-0.25, -0.2) is 0 Å². The SMILES string of the molecule is C=C(C)/C(CC)=C(/C)N(C)C. The first kappa shape index (κ1) is 10.3. The van der Waals surface area contributed by atoms with E-state index in [2.05, 4.69) is 46.3 Å². The second-order valence-electron chi connectivity index (χ2n) is 3.09. The van der Waals surface area contributed by atoms with E-state index in [9.17, 15) is 0 Å². The zero-order valence-corrected chi connectivity index (χ0v) is 8.36. The van der Waals surface area contributed by atoms with Crippen LogP contribution in [0.3, 0.4) is 0 Å². The molecule has 0 fully saturated rings. The summed E-state index contributed by atoms with van der Waals surface area (Å²) < 4.78 is 0. The number of hydrogen-bond acceptors (Lipinski definition) is 1. The Balaban J connectivity index is 4.68. The molecule has 0 aromatic rings. The number of nitrogens with zero attached hydrogens (tertiary/aromatic N) is 1. The Morgan fingerprint density at radius 2 is 1.73 bits per heavy atom. The first-order valence-corrected chi connectivity index (χ1v) is 4.03. The molecule has 0 atom stereocenters. The first-order chi connectivity index (χ1) is 5.00. The van der Waals surface area contributed by atoms with Crippen molar-refractivity contribution in [2.24, 2.45) is 0 Å². The molecule has 0 heterocycles. The van der Waals surface area contributed by atoms with Crippen LogP contribution in [0.25, 0.3) is 0 Å². The van der Waals surface area contributed by atoms with Crippen molar-refractivity contribution in [3.05, 3.63) is 23.4 Å². The molecule has 0 bridgehead atoms. The van der Waals surface area contributed by atoms with Crippen molar-refractivity contribution in [2.75, 3.05) is 14.1 Å². The summed E-state index contributed by atoms with van der Waals surface area (Å²) in [6, 6.07) is 0. The summed E-state index contributed by atoms with van der Waals surface area (Å²) in [5.41, 5.74) is 3.87. The van der Waals surface area contributed by atoms with Crippen LogP contribution in [0.2, 0.25) is 0 Å². The molecule has 1 nitrogen and oxygen atoms in total. The summed E-state index contributed by atoms with van der Waals surface area (Å²) in [7, 11) is 4.13. The van der Waals surface area contributed by atoms with Gasteiger partial charge in [-0.15, -0.1) is 0 Å². The highest BCUT2D eigenvalue weighted by Crippen LogP contribution is 2.17. The number of rotatable bonds is 3. The monoisotopic (exact) mass is 153 g/mol. The number of allylic oxidation sites excluding steroid dienone is 3. The van der Waals surface area contributed by atoms with Gasteiger partial charge in [0.1, 0.15) is 0 Å². The van der Waals surface area contributed by atoms with Crippen LogP contribution < -0.4 is 0 Å². The Hall–Kier alpha value is -0.720. The number of hydrogen-bond donors (Lipinski definition) is 0. The van der Waals surface area contributed by atoms with Crippen LogP contribution in [-0.2, 0) is 0 Å². The van der Waals surface area contributed by atoms with Crippen LogP contribution in [0.4, 0.5) is 0 Å². The van der Waals surface area contributed by atoms with Crippen LogP contribution in [0.1, 0.15) is 27.2 Å². The van der Waals surface area contributed by atoms with Crippen molar-refractivity contribution >= 4 is 0 Å². The lowest BCUT2D eigenvalue weighted by atomic mass is 10.0. The van der Waals surface area contributed by atoms with Crippen molar-refractivity contribution in [3.8, 4) is 0 Å². The zero-order chi connectivity index (χ0) is 9.02. The third-order valence-electron chi connectivity index (χ3n) is 1.98. The Bertz CT molecular complexity index is 175. The van der Waals surface area contributed by atoms with Gasteiger partial charge in [0, 0.05) is 19.8 Å². The average Bonchev–Trinajstić information content (AvgIpc) is 1.88. The fourth-order valence-electron chi connectivity index (χ4n) is 1.14. The maximum absolute atomic E-state index is 3.95. The summed E-state index contributed by atoms with van der Waals surface area (Å²) in [6.07, 6.45) is 1.07. The second-order valence-corrected chi connectivity index (χ2v) is 3.09. The van der Waals surface area contributed by atoms with E-state index in [4.69, 9.17) is 0 Å². The molecule has 1 heteroatoms. The van der Waals surface area contributed by atoms with E-state index in [1.807, 2.05) is 0 Å². The third-order valence-corrected chi connectivity index (χ3v) is 1.98. The van der Waals surface area contributed by atoms with Crippen LogP contribution in [0.5, 0.6) is 0 Å². The van der Waals surface area contributed by atoms with E-state index in [-0.39, 0.29) is 0 Å². The minimum Gasteiger partial charge on any atom is -0.381 e. The van der Waals surface area contributed by atoms with E-state index in [1.54, 1.807) is 0 Å². The van der Waals surface area contributed by atoms with E-state index >= 15 is 0 Å². The normalized spacial score (nSPS) is 12.5. The summed E-state index contributed by atoms with van der Waals surface area (Å²) >= 11 is 0. The van der Waals surface area contributed by atoms with Crippen LogP contribution in [0.15, 0.2) is 23.4 Å². The van der Waals surface area contributed by atoms with E-state index in [0.717, 1.165) is 6.42 Å². The predicted octanol–water partition coefficient (Wildman–Crippen LogP) is 2.81. The minimum absolute atomic E-state index is 1.07. The lowest BCUT2D eigenvalue weighted by Crippen LogP contribution is -2.11. The molecule has 0 aliphatic heterocycles. The molecule has 0 aliphatic carbocycles. The van der Waals surface area contributed by atoms with Crippen LogP contribution in [-0.4, -0.2) is 19.0 Å². The van der Waals surface area contributed by atoms with Gasteiger partial charge in [-0.2, -0.15) is 0 Å². The average molecular weight is 153 g/mol. The quantitative estimate of drug-likeness (QED) is 0.563. The Kier molecular flexibility index (Phi) is 3.94. The minimum atomic E-state index is 1.07. The molecule has 0 spiro atoms. The van der Waals surface area contributed by atoms with E-state index < -0.39 is 0 Å². The molecule has 0 saturated heterocycles. The molecular weight excluding hydrogens is 134 g/mol. The van der Waals surface area contributed by atoms with Crippen molar-refractivity contribution in [2.45, 2.75) is 27.2 Å². The summed E-state index contributed by atoms with van der Waals surface area (Å²) in [6.45, 7) is 10.3. The van der Waals surface area contributed by atoms with Crippen molar-refractivity contribution in [1.82, 2.24) is 4.90 Å². The molecule has 0 amide bonds. The summed E-state index contributed by atoms with van der Waals surface area (Å²) in [5.74, 6) is 0. The van der Waals surface area contributed by atoms with Crippen molar-refractivity contribution in [1.29, 1.82) is 0 Å². The van der Waals surface area contributed by atoms with E-state index in [1.165, 1.54) is 16.8 Å². The zero-order valence-electron chi connectivity index (χ0n) is 8.36. The maximum atomic E-state index is 3.95. The molecule has 64 valence electrons. The lowest BCUT2D eigenvalue weighted by molar-refractivity contribution is 0.505. The molecule has 0 radical (unpaired) electrons. The van der Waals surface area contributed by atoms with Crippen LogP contribution in [0, 0.1) is 0 Å². The molecule has 0 aromatic carbocycles. The maximum Gasteiger partial charge on any atom is 0.0131 e. The Labute approximate surface area is 70.4 Å². The molecular formula is C10H19N. The summed E-state index contributed by atoms with van der Waals surface area (Å²) in [5, 5.41) is 0. The van der Waals surface area contributed by atoms with Gasteiger partial charge >= 0.3 is 0 Å². The van der Waals surface area contributed by atoms with Gasteiger partial charge in [-0.3, -0.25) is 0 Å². The third kappa shape index (κ3) is 2.79. The predicted molar refractivity (Wildman–Crippen MR) is 51.5 cm³/mol. The van der Waals surface area contributed by atoms with Gasteiger partial charge in [0.2, 0.25) is 0 Å². The highest BCUT2D eigenvalue weighted by molar-refractivity contribution is 5.29. The Morgan fingerprint density at radius 1 is 1.27 bits per heavy atom. The first-order valence-electron chi connectivity index (χ1n) is 4.03. The molecule has 0 unspecified atom stereocenters. The summed E-state index contributed by atoms with van der Waals surface area (Å²) in [4.78, 5) is 2.13. The van der Waals surface area contributed by atoms with Crippen molar-refractivity contribution < 1.29 is 0 Å².